The Morgan fingerprint density at radius 3 is 2.63 bits per heavy atom. The summed E-state index contributed by atoms with van der Waals surface area (Å²) in [5, 5.41) is 25.8. The van der Waals surface area contributed by atoms with Crippen LogP contribution >= 0.6 is 11.6 Å². The Hall–Kier alpha value is -2.25. The maximum atomic E-state index is 12.2. The van der Waals surface area contributed by atoms with Crippen molar-refractivity contribution in [2.24, 2.45) is 0 Å². The van der Waals surface area contributed by atoms with E-state index >= 15 is 0 Å². The number of hydrogen-bond acceptors (Lipinski definition) is 6. The van der Waals surface area contributed by atoms with Crippen LogP contribution in [0, 0.1) is 11.3 Å². The van der Waals surface area contributed by atoms with Crippen molar-refractivity contribution in [3.63, 3.8) is 0 Å². The Bertz CT molecular complexity index is 851. The van der Waals surface area contributed by atoms with E-state index in [9.17, 15) is 18.3 Å². The normalized spacial score (nSPS) is 25.8. The van der Waals surface area contributed by atoms with Gasteiger partial charge in [0.25, 0.3) is 0 Å². The molecule has 0 aromatic heterocycles. The fraction of sp³-hybridized carbons (Fsp3) is 0.450. The van der Waals surface area contributed by atoms with Crippen molar-refractivity contribution in [1.82, 2.24) is 10.2 Å². The van der Waals surface area contributed by atoms with Crippen LogP contribution in [0.1, 0.15) is 19.8 Å². The molecule has 30 heavy (non-hydrogen) atoms. The second-order valence-electron chi connectivity index (χ2n) is 7.22. The first kappa shape index (κ1) is 22.4. The van der Waals surface area contributed by atoms with Crippen LogP contribution in [-0.4, -0.2) is 47.4 Å². The summed E-state index contributed by atoms with van der Waals surface area (Å²) in [6.07, 6.45) is -0.734. The topological polar surface area (TPSA) is 80.5 Å². The van der Waals surface area contributed by atoms with Crippen molar-refractivity contribution in [2.45, 2.75) is 50.6 Å². The van der Waals surface area contributed by atoms with Crippen LogP contribution < -0.4 is 15.4 Å². The number of nitrogens with one attached hydrogen (secondary N) is 2. The molecule has 1 aromatic carbocycles. The highest BCUT2D eigenvalue weighted by molar-refractivity contribution is 6.30. The van der Waals surface area contributed by atoms with Crippen LogP contribution in [0.3, 0.4) is 0 Å². The molecule has 10 heteroatoms. The molecule has 0 saturated carbocycles. The van der Waals surface area contributed by atoms with Gasteiger partial charge in [-0.1, -0.05) is 17.7 Å². The molecule has 0 spiro atoms. The van der Waals surface area contributed by atoms with E-state index < -0.39 is 12.7 Å². The van der Waals surface area contributed by atoms with E-state index in [1.54, 1.807) is 6.08 Å². The molecular formula is C20H22ClF3N4O2. The molecule has 3 N–H and O–H groups in total. The average molecular weight is 443 g/mol. The average Bonchev–Trinajstić information content (AvgIpc) is 3.02. The van der Waals surface area contributed by atoms with Crippen molar-refractivity contribution in [3.05, 3.63) is 47.0 Å². The standard InChI is InChI=1S/C20H22ClF3N4O2/c1-12-18(8-9-28(12)15-5-2-13(11-25)17(21)10-15)27-19(29)26-14-3-6-16(7-4-14)30-20(22,23)24/h2-7,12,15,18-19,26-27,29H,8-10H2,1H3/t12-,15?,18+,19?/m0/s1. The van der Waals surface area contributed by atoms with Gasteiger partial charge in [0.2, 0.25) is 0 Å². The molecule has 0 radical (unpaired) electrons. The van der Waals surface area contributed by atoms with Gasteiger partial charge in [0.1, 0.15) is 11.8 Å². The monoisotopic (exact) mass is 442 g/mol. The number of likely N-dealkylation sites (tertiary alicyclic amines) is 1. The number of rotatable bonds is 6. The van der Waals surface area contributed by atoms with Gasteiger partial charge in [-0.3, -0.25) is 10.2 Å². The molecule has 1 saturated heterocycles. The maximum Gasteiger partial charge on any atom is 0.573 e. The maximum absolute atomic E-state index is 12.2. The number of aliphatic hydroxyl groups is 1. The fourth-order valence-electron chi connectivity index (χ4n) is 3.79. The van der Waals surface area contributed by atoms with Crippen LogP contribution in [0.4, 0.5) is 18.9 Å². The molecule has 1 aromatic rings. The highest BCUT2D eigenvalue weighted by atomic mass is 35.5. The fourth-order valence-corrected chi connectivity index (χ4v) is 4.06. The zero-order chi connectivity index (χ0) is 21.9. The molecule has 2 aliphatic rings. The summed E-state index contributed by atoms with van der Waals surface area (Å²) in [5.41, 5.74) is 0.934. The highest BCUT2D eigenvalue weighted by Crippen LogP contribution is 2.30. The van der Waals surface area contributed by atoms with Crippen LogP contribution in [0.5, 0.6) is 5.75 Å². The van der Waals surface area contributed by atoms with E-state index in [0.717, 1.165) is 13.0 Å². The molecule has 2 unspecified atom stereocenters. The SMILES string of the molecule is C[C@H]1[C@H](NC(O)Nc2ccc(OC(F)(F)F)cc2)CCN1C1C=CC(C#N)=C(Cl)C1. The minimum Gasteiger partial charge on any atom is -0.406 e. The third kappa shape index (κ3) is 5.67. The molecule has 3 rings (SSSR count). The van der Waals surface area contributed by atoms with Crippen LogP contribution in [0.25, 0.3) is 0 Å². The zero-order valence-corrected chi connectivity index (χ0v) is 16.9. The van der Waals surface area contributed by atoms with Gasteiger partial charge in [-0.25, -0.2) is 0 Å². The Labute approximate surface area is 177 Å². The number of nitrogens with zero attached hydrogens (tertiary/aromatic N) is 2. The number of ether oxygens (including phenoxy) is 1. The summed E-state index contributed by atoms with van der Waals surface area (Å²) in [6, 6.07) is 7.39. The number of anilines is 1. The van der Waals surface area contributed by atoms with Gasteiger partial charge in [-0.15, -0.1) is 13.2 Å². The van der Waals surface area contributed by atoms with Crippen molar-refractivity contribution in [2.75, 3.05) is 11.9 Å². The number of alkyl halides is 3. The summed E-state index contributed by atoms with van der Waals surface area (Å²) in [5.74, 6) is -0.330. The Morgan fingerprint density at radius 1 is 1.33 bits per heavy atom. The summed E-state index contributed by atoms with van der Waals surface area (Å²) < 4.78 is 40.5. The molecule has 1 aliphatic heterocycles. The number of allylic oxidation sites excluding steroid dienone is 2. The number of aliphatic hydroxyl groups excluding tert-OH is 1. The van der Waals surface area contributed by atoms with Crippen molar-refractivity contribution >= 4 is 17.3 Å². The summed E-state index contributed by atoms with van der Waals surface area (Å²) in [7, 11) is 0. The first-order valence-electron chi connectivity index (χ1n) is 9.45. The zero-order valence-electron chi connectivity index (χ0n) is 16.2. The lowest BCUT2D eigenvalue weighted by atomic mass is 10.0. The van der Waals surface area contributed by atoms with E-state index in [1.165, 1.54) is 24.3 Å². The largest absolute Gasteiger partial charge is 0.573 e. The van der Waals surface area contributed by atoms with Crippen LogP contribution in [0.2, 0.25) is 0 Å². The predicted molar refractivity (Wildman–Crippen MR) is 107 cm³/mol. The quantitative estimate of drug-likeness (QED) is 0.583. The number of benzene rings is 1. The first-order chi connectivity index (χ1) is 14.2. The number of halogens is 4. The van der Waals surface area contributed by atoms with E-state index in [2.05, 4.69) is 26.3 Å². The third-order valence-corrected chi connectivity index (χ3v) is 5.64. The minimum atomic E-state index is -4.75. The lowest BCUT2D eigenvalue weighted by Gasteiger charge is -2.33. The van der Waals surface area contributed by atoms with Gasteiger partial charge < -0.3 is 15.2 Å². The van der Waals surface area contributed by atoms with Gasteiger partial charge in [0, 0.05) is 41.8 Å². The van der Waals surface area contributed by atoms with Gasteiger partial charge in [-0.2, -0.15) is 5.26 Å². The first-order valence-corrected chi connectivity index (χ1v) is 9.83. The summed E-state index contributed by atoms with van der Waals surface area (Å²) in [4.78, 5) is 2.26. The molecule has 4 atom stereocenters. The number of hydrogen-bond donors (Lipinski definition) is 3. The molecule has 0 amide bonds. The molecular weight excluding hydrogens is 421 g/mol. The minimum absolute atomic E-state index is 0.00569. The highest BCUT2D eigenvalue weighted by Gasteiger charge is 2.36. The van der Waals surface area contributed by atoms with Crippen molar-refractivity contribution in [3.8, 4) is 11.8 Å². The van der Waals surface area contributed by atoms with E-state index in [-0.39, 0.29) is 23.9 Å². The second kappa shape index (κ2) is 9.27. The van der Waals surface area contributed by atoms with Gasteiger partial charge in [0.15, 0.2) is 6.35 Å². The van der Waals surface area contributed by atoms with E-state index in [1.807, 2.05) is 13.0 Å². The lowest BCUT2D eigenvalue weighted by Crippen LogP contribution is -2.49. The smallest absolute Gasteiger partial charge is 0.406 e. The van der Waals surface area contributed by atoms with Crippen LogP contribution in [0.15, 0.2) is 47.0 Å². The third-order valence-electron chi connectivity index (χ3n) is 5.28. The second-order valence-corrected chi connectivity index (χ2v) is 7.68. The Morgan fingerprint density at radius 2 is 2.03 bits per heavy atom. The van der Waals surface area contributed by atoms with Gasteiger partial charge >= 0.3 is 6.36 Å². The summed E-state index contributed by atoms with van der Waals surface area (Å²) in [6.45, 7) is 2.85. The van der Waals surface area contributed by atoms with Crippen molar-refractivity contribution in [1.29, 1.82) is 5.26 Å². The Kier molecular flexibility index (Phi) is 6.93. The van der Waals surface area contributed by atoms with Crippen LogP contribution in [-0.2, 0) is 0 Å². The lowest BCUT2D eigenvalue weighted by molar-refractivity contribution is -0.274. The van der Waals surface area contributed by atoms with E-state index in [0.29, 0.717) is 22.7 Å². The molecule has 162 valence electrons. The predicted octanol–water partition coefficient (Wildman–Crippen LogP) is 3.67. The van der Waals surface area contributed by atoms with E-state index in [4.69, 9.17) is 16.9 Å². The number of nitriles is 1. The molecule has 1 fully saturated rings. The van der Waals surface area contributed by atoms with Gasteiger partial charge in [0.05, 0.1) is 5.57 Å². The molecule has 1 heterocycles. The van der Waals surface area contributed by atoms with Gasteiger partial charge in [-0.05, 0) is 43.7 Å². The summed E-state index contributed by atoms with van der Waals surface area (Å²) >= 11 is 6.20. The molecule has 0 bridgehead atoms. The Balaban J connectivity index is 1.52. The molecule has 1 aliphatic carbocycles. The van der Waals surface area contributed by atoms with Crippen molar-refractivity contribution < 1.29 is 23.0 Å². The molecule has 6 nitrogen and oxygen atoms in total.